The van der Waals surface area contributed by atoms with Crippen LogP contribution in [0.2, 0.25) is 10.0 Å². The fraction of sp³-hybridized carbons (Fsp3) is 0.364. The number of ether oxygens (including phenoxy) is 1. The SMILES string of the molecule is O=C(O)C(OCCCO)c1c(Cl)cccc1Cl. The molecule has 0 bridgehead atoms. The molecule has 0 radical (unpaired) electrons. The van der Waals surface area contributed by atoms with Crippen molar-refractivity contribution in [3.05, 3.63) is 33.8 Å². The van der Waals surface area contributed by atoms with Crippen LogP contribution in [0.3, 0.4) is 0 Å². The highest BCUT2D eigenvalue weighted by Gasteiger charge is 2.25. The summed E-state index contributed by atoms with van der Waals surface area (Å²) >= 11 is 11.8. The summed E-state index contributed by atoms with van der Waals surface area (Å²) in [5, 5.41) is 18.2. The average Bonchev–Trinajstić information content (AvgIpc) is 2.26. The lowest BCUT2D eigenvalue weighted by Crippen LogP contribution is -2.17. The van der Waals surface area contributed by atoms with Crippen LogP contribution in [0.15, 0.2) is 18.2 Å². The molecule has 0 saturated heterocycles. The van der Waals surface area contributed by atoms with Crippen LogP contribution in [0.4, 0.5) is 0 Å². The number of aliphatic hydroxyl groups excluding tert-OH is 1. The Kier molecular flexibility index (Phi) is 5.71. The van der Waals surface area contributed by atoms with Crippen LogP contribution in [-0.4, -0.2) is 29.4 Å². The number of halogens is 2. The van der Waals surface area contributed by atoms with Gasteiger partial charge in [0.2, 0.25) is 0 Å². The van der Waals surface area contributed by atoms with E-state index in [0.29, 0.717) is 6.42 Å². The van der Waals surface area contributed by atoms with Crippen LogP contribution < -0.4 is 0 Å². The number of benzene rings is 1. The van der Waals surface area contributed by atoms with Gasteiger partial charge in [-0.1, -0.05) is 29.3 Å². The fourth-order valence-corrected chi connectivity index (χ4v) is 1.90. The topological polar surface area (TPSA) is 66.8 Å². The molecule has 17 heavy (non-hydrogen) atoms. The molecule has 1 aromatic carbocycles. The number of aliphatic hydroxyl groups is 1. The van der Waals surface area contributed by atoms with Gasteiger partial charge < -0.3 is 14.9 Å². The molecule has 0 amide bonds. The first-order valence-electron chi connectivity index (χ1n) is 4.97. The molecule has 0 aliphatic carbocycles. The van der Waals surface area contributed by atoms with Crippen molar-refractivity contribution in [2.75, 3.05) is 13.2 Å². The molecular weight excluding hydrogens is 267 g/mol. The Hall–Kier alpha value is -0.810. The zero-order valence-electron chi connectivity index (χ0n) is 8.90. The van der Waals surface area contributed by atoms with Crippen LogP contribution in [0.1, 0.15) is 18.1 Å². The van der Waals surface area contributed by atoms with Gasteiger partial charge in [-0.15, -0.1) is 0 Å². The lowest BCUT2D eigenvalue weighted by atomic mass is 10.1. The highest BCUT2D eigenvalue weighted by atomic mass is 35.5. The van der Waals surface area contributed by atoms with E-state index in [1.807, 2.05) is 0 Å². The van der Waals surface area contributed by atoms with E-state index in [0.717, 1.165) is 0 Å². The minimum absolute atomic E-state index is 0.0669. The molecule has 4 nitrogen and oxygen atoms in total. The minimum atomic E-state index is -1.22. The Morgan fingerprint density at radius 2 is 1.94 bits per heavy atom. The molecule has 0 aliphatic heterocycles. The summed E-state index contributed by atoms with van der Waals surface area (Å²) in [4.78, 5) is 11.1. The maximum absolute atomic E-state index is 11.1. The van der Waals surface area contributed by atoms with Crippen LogP contribution >= 0.6 is 23.2 Å². The number of hydrogen-bond donors (Lipinski definition) is 2. The van der Waals surface area contributed by atoms with Crippen molar-refractivity contribution in [3.8, 4) is 0 Å². The zero-order chi connectivity index (χ0) is 12.8. The van der Waals surface area contributed by atoms with Crippen LogP contribution in [0, 0.1) is 0 Å². The Labute approximate surface area is 109 Å². The van der Waals surface area contributed by atoms with E-state index >= 15 is 0 Å². The van der Waals surface area contributed by atoms with Gasteiger partial charge in [-0.2, -0.15) is 0 Å². The highest BCUT2D eigenvalue weighted by Crippen LogP contribution is 2.32. The summed E-state index contributed by atoms with van der Waals surface area (Å²) in [5.74, 6) is -1.17. The molecule has 1 rings (SSSR count). The fourth-order valence-electron chi connectivity index (χ4n) is 1.31. The molecule has 0 heterocycles. The van der Waals surface area contributed by atoms with E-state index < -0.39 is 12.1 Å². The van der Waals surface area contributed by atoms with E-state index in [1.165, 1.54) is 0 Å². The quantitative estimate of drug-likeness (QED) is 0.785. The molecule has 2 N–H and O–H groups in total. The second kappa shape index (κ2) is 6.81. The number of carboxylic acid groups (broad SMARTS) is 1. The number of aliphatic carboxylic acids is 1. The third-order valence-corrected chi connectivity index (χ3v) is 2.73. The second-order valence-corrected chi connectivity index (χ2v) is 4.12. The molecule has 0 aliphatic rings. The Balaban J connectivity index is 2.93. The van der Waals surface area contributed by atoms with Gasteiger partial charge in [0, 0.05) is 22.2 Å². The molecule has 0 fully saturated rings. The highest BCUT2D eigenvalue weighted by molar-refractivity contribution is 6.36. The lowest BCUT2D eigenvalue weighted by Gasteiger charge is -2.16. The summed E-state index contributed by atoms with van der Waals surface area (Å²) in [6.45, 7) is 0.0532. The van der Waals surface area contributed by atoms with Crippen molar-refractivity contribution in [2.24, 2.45) is 0 Å². The molecule has 94 valence electrons. The summed E-state index contributed by atoms with van der Waals surface area (Å²) in [6.07, 6.45) is -0.867. The van der Waals surface area contributed by atoms with Crippen LogP contribution in [0.25, 0.3) is 0 Å². The van der Waals surface area contributed by atoms with Crippen molar-refractivity contribution in [2.45, 2.75) is 12.5 Å². The average molecular weight is 279 g/mol. The first-order valence-corrected chi connectivity index (χ1v) is 5.72. The zero-order valence-corrected chi connectivity index (χ0v) is 10.4. The van der Waals surface area contributed by atoms with Gasteiger partial charge >= 0.3 is 5.97 Å². The van der Waals surface area contributed by atoms with Crippen molar-refractivity contribution in [1.82, 2.24) is 0 Å². The summed E-state index contributed by atoms with van der Waals surface area (Å²) in [5.41, 5.74) is 0.237. The molecular formula is C11H12Cl2O4. The summed E-state index contributed by atoms with van der Waals surface area (Å²) in [7, 11) is 0. The predicted molar refractivity (Wildman–Crippen MR) is 64.5 cm³/mol. The van der Waals surface area contributed by atoms with E-state index in [4.69, 9.17) is 38.2 Å². The second-order valence-electron chi connectivity index (χ2n) is 3.30. The van der Waals surface area contributed by atoms with Gasteiger partial charge in [0.15, 0.2) is 6.10 Å². The normalized spacial score (nSPS) is 12.4. The monoisotopic (exact) mass is 278 g/mol. The first kappa shape index (κ1) is 14.3. The molecule has 6 heteroatoms. The van der Waals surface area contributed by atoms with Gasteiger partial charge in [0.25, 0.3) is 0 Å². The van der Waals surface area contributed by atoms with Gasteiger partial charge in [0.05, 0.1) is 6.61 Å². The van der Waals surface area contributed by atoms with Crippen LogP contribution in [0.5, 0.6) is 0 Å². The van der Waals surface area contributed by atoms with Gasteiger partial charge in [-0.05, 0) is 18.6 Å². The first-order chi connectivity index (χ1) is 8.07. The predicted octanol–water partition coefficient (Wildman–Crippen LogP) is 2.52. The third kappa shape index (κ3) is 3.85. The molecule has 1 aromatic rings. The van der Waals surface area contributed by atoms with Crippen molar-refractivity contribution in [1.29, 1.82) is 0 Å². The molecule has 0 saturated carbocycles. The van der Waals surface area contributed by atoms with E-state index in [1.54, 1.807) is 18.2 Å². The Bertz CT molecular complexity index is 375. The molecule has 0 spiro atoms. The summed E-state index contributed by atoms with van der Waals surface area (Å²) < 4.78 is 5.16. The number of rotatable bonds is 6. The van der Waals surface area contributed by atoms with E-state index in [9.17, 15) is 4.79 Å². The van der Waals surface area contributed by atoms with Crippen molar-refractivity contribution >= 4 is 29.2 Å². The Morgan fingerprint density at radius 1 is 1.35 bits per heavy atom. The smallest absolute Gasteiger partial charge is 0.337 e. The number of carbonyl (C=O) groups is 1. The third-order valence-electron chi connectivity index (χ3n) is 2.07. The minimum Gasteiger partial charge on any atom is -0.479 e. The largest absolute Gasteiger partial charge is 0.479 e. The molecule has 1 atom stereocenters. The van der Waals surface area contributed by atoms with Gasteiger partial charge in [0.1, 0.15) is 0 Å². The Morgan fingerprint density at radius 3 is 2.41 bits per heavy atom. The molecule has 0 aromatic heterocycles. The maximum Gasteiger partial charge on any atom is 0.337 e. The van der Waals surface area contributed by atoms with Crippen molar-refractivity contribution < 1.29 is 19.7 Å². The standard InChI is InChI=1S/C11H12Cl2O4/c12-7-3-1-4-8(13)9(7)10(11(15)16)17-6-2-5-14/h1,3-4,10,14H,2,5-6H2,(H,15,16). The summed E-state index contributed by atoms with van der Waals surface area (Å²) in [6, 6.07) is 4.73. The lowest BCUT2D eigenvalue weighted by molar-refractivity contribution is -0.151. The number of hydrogen-bond acceptors (Lipinski definition) is 3. The van der Waals surface area contributed by atoms with E-state index in [2.05, 4.69) is 0 Å². The van der Waals surface area contributed by atoms with Gasteiger partial charge in [-0.25, -0.2) is 4.79 Å². The van der Waals surface area contributed by atoms with Crippen LogP contribution in [-0.2, 0) is 9.53 Å². The maximum atomic E-state index is 11.1. The van der Waals surface area contributed by atoms with E-state index in [-0.39, 0.29) is 28.8 Å². The number of carboxylic acids is 1. The van der Waals surface area contributed by atoms with Gasteiger partial charge in [-0.3, -0.25) is 0 Å². The molecule has 1 unspecified atom stereocenters. The van der Waals surface area contributed by atoms with Crippen molar-refractivity contribution in [3.63, 3.8) is 0 Å².